The second-order valence-corrected chi connectivity index (χ2v) is 9.99. The number of amides is 1. The minimum Gasteiger partial charge on any atom is -0.356 e. The number of benzene rings is 2. The molecule has 5 nitrogen and oxygen atoms in total. The first-order valence-corrected chi connectivity index (χ1v) is 11.8. The fourth-order valence-electron chi connectivity index (χ4n) is 3.43. The number of halogens is 2. The van der Waals surface area contributed by atoms with Gasteiger partial charge in [-0.2, -0.15) is 4.31 Å². The third kappa shape index (κ3) is 5.95. The Hall–Kier alpha value is -1.60. The van der Waals surface area contributed by atoms with Gasteiger partial charge in [0.25, 0.3) is 0 Å². The molecule has 0 unspecified atom stereocenters. The molecule has 3 rings (SSSR count). The molecule has 2 aromatic carbocycles. The summed E-state index contributed by atoms with van der Waals surface area (Å²) < 4.78 is 27.1. The number of nitrogens with zero attached hydrogens (tertiary/aromatic N) is 1. The third-order valence-electron chi connectivity index (χ3n) is 5.06. The zero-order chi connectivity index (χ0) is 20.9. The van der Waals surface area contributed by atoms with Crippen LogP contribution in [-0.4, -0.2) is 38.3 Å². The molecule has 0 aliphatic carbocycles. The summed E-state index contributed by atoms with van der Waals surface area (Å²) in [6.07, 6.45) is 3.01. The fraction of sp³-hybridized carbons (Fsp3) is 0.381. The molecule has 8 heteroatoms. The van der Waals surface area contributed by atoms with Gasteiger partial charge in [0.1, 0.15) is 0 Å². The van der Waals surface area contributed by atoms with E-state index < -0.39 is 10.0 Å². The first kappa shape index (κ1) is 22.1. The van der Waals surface area contributed by atoms with Crippen LogP contribution in [0.25, 0.3) is 0 Å². The monoisotopic (exact) mass is 454 g/mol. The number of carbonyl (C=O) groups is 1. The van der Waals surface area contributed by atoms with Gasteiger partial charge in [-0.1, -0.05) is 35.3 Å². The first-order valence-electron chi connectivity index (χ1n) is 9.64. The van der Waals surface area contributed by atoms with Crippen LogP contribution < -0.4 is 5.32 Å². The second kappa shape index (κ2) is 9.94. The summed E-state index contributed by atoms with van der Waals surface area (Å²) in [6, 6.07) is 13.8. The van der Waals surface area contributed by atoms with E-state index in [1.807, 2.05) is 24.3 Å². The molecule has 156 valence electrons. The number of aryl methyl sites for hydroxylation is 1. The Bertz CT molecular complexity index is 931. The van der Waals surface area contributed by atoms with E-state index >= 15 is 0 Å². The van der Waals surface area contributed by atoms with Crippen LogP contribution in [0.4, 0.5) is 0 Å². The Morgan fingerprint density at radius 1 is 1.03 bits per heavy atom. The highest BCUT2D eigenvalue weighted by atomic mass is 35.5. The maximum atomic E-state index is 12.8. The zero-order valence-electron chi connectivity index (χ0n) is 16.0. The van der Waals surface area contributed by atoms with E-state index in [9.17, 15) is 13.2 Å². The maximum Gasteiger partial charge on any atom is 0.243 e. The van der Waals surface area contributed by atoms with Crippen molar-refractivity contribution >= 4 is 39.1 Å². The lowest BCUT2D eigenvalue weighted by Gasteiger charge is -2.31. The SMILES string of the molecule is O=C(NCCCc1ccc(Cl)cc1)[C@@H]1CCCN(S(=O)(=O)c2ccc(Cl)cc2)C1. The average molecular weight is 455 g/mol. The zero-order valence-corrected chi connectivity index (χ0v) is 18.3. The molecule has 1 saturated heterocycles. The Labute approximate surface area is 182 Å². The molecule has 1 atom stereocenters. The smallest absolute Gasteiger partial charge is 0.243 e. The molecule has 1 fully saturated rings. The molecule has 1 amide bonds. The number of hydrogen-bond donors (Lipinski definition) is 1. The minimum absolute atomic E-state index is 0.0860. The number of carbonyl (C=O) groups excluding carboxylic acids is 1. The summed E-state index contributed by atoms with van der Waals surface area (Å²) in [4.78, 5) is 12.7. The highest BCUT2D eigenvalue weighted by molar-refractivity contribution is 7.89. The van der Waals surface area contributed by atoms with Crippen molar-refractivity contribution in [3.05, 3.63) is 64.1 Å². The van der Waals surface area contributed by atoms with Crippen molar-refractivity contribution < 1.29 is 13.2 Å². The number of sulfonamides is 1. The predicted octanol–water partition coefficient (Wildman–Crippen LogP) is 4.14. The Balaban J connectivity index is 1.51. The van der Waals surface area contributed by atoms with Crippen molar-refractivity contribution in [1.29, 1.82) is 0 Å². The van der Waals surface area contributed by atoms with Crippen LogP contribution in [0.2, 0.25) is 10.0 Å². The van der Waals surface area contributed by atoms with Crippen LogP contribution in [-0.2, 0) is 21.2 Å². The number of rotatable bonds is 7. The molecule has 1 heterocycles. The highest BCUT2D eigenvalue weighted by Crippen LogP contribution is 2.25. The Morgan fingerprint density at radius 3 is 2.31 bits per heavy atom. The molecule has 0 spiro atoms. The van der Waals surface area contributed by atoms with Crippen LogP contribution in [0.5, 0.6) is 0 Å². The average Bonchev–Trinajstić information content (AvgIpc) is 2.73. The molecule has 29 heavy (non-hydrogen) atoms. The Kier molecular flexibility index (Phi) is 7.57. The van der Waals surface area contributed by atoms with Gasteiger partial charge in [-0.25, -0.2) is 8.42 Å². The topological polar surface area (TPSA) is 66.5 Å². The van der Waals surface area contributed by atoms with Crippen molar-refractivity contribution in [1.82, 2.24) is 9.62 Å². The van der Waals surface area contributed by atoms with Gasteiger partial charge in [0.15, 0.2) is 0 Å². The maximum absolute atomic E-state index is 12.8. The van der Waals surface area contributed by atoms with Crippen LogP contribution >= 0.6 is 23.2 Å². The first-order chi connectivity index (χ1) is 13.9. The molecule has 2 aromatic rings. The number of hydrogen-bond acceptors (Lipinski definition) is 3. The quantitative estimate of drug-likeness (QED) is 0.639. The van der Waals surface area contributed by atoms with Gasteiger partial charge in [0.2, 0.25) is 15.9 Å². The molecule has 0 saturated carbocycles. The normalized spacial score (nSPS) is 17.8. The molecule has 0 bridgehead atoms. The van der Waals surface area contributed by atoms with Gasteiger partial charge < -0.3 is 5.32 Å². The largest absolute Gasteiger partial charge is 0.356 e. The molecule has 0 aromatic heterocycles. The number of piperidine rings is 1. The van der Waals surface area contributed by atoms with Gasteiger partial charge >= 0.3 is 0 Å². The fourth-order valence-corrected chi connectivity index (χ4v) is 5.21. The molecule has 1 N–H and O–H groups in total. The number of nitrogens with one attached hydrogen (secondary N) is 1. The van der Waals surface area contributed by atoms with E-state index in [-0.39, 0.29) is 23.3 Å². The van der Waals surface area contributed by atoms with Crippen molar-refractivity contribution in [3.8, 4) is 0 Å². The van der Waals surface area contributed by atoms with E-state index in [0.29, 0.717) is 36.0 Å². The van der Waals surface area contributed by atoms with E-state index in [1.54, 1.807) is 12.1 Å². The molecule has 1 aliphatic heterocycles. The van der Waals surface area contributed by atoms with Crippen LogP contribution in [0.3, 0.4) is 0 Å². The predicted molar refractivity (Wildman–Crippen MR) is 116 cm³/mol. The summed E-state index contributed by atoms with van der Waals surface area (Å²) in [5.74, 6) is -0.418. The third-order valence-corrected chi connectivity index (χ3v) is 7.44. The summed E-state index contributed by atoms with van der Waals surface area (Å²) >= 11 is 11.7. The summed E-state index contributed by atoms with van der Waals surface area (Å²) in [5, 5.41) is 4.14. The standard InChI is InChI=1S/C21H24Cl2N2O3S/c22-18-7-5-16(6-8-18)3-1-13-24-21(26)17-4-2-14-25(15-17)29(27,28)20-11-9-19(23)10-12-20/h5-12,17H,1-4,13-15H2,(H,24,26)/t17-/m1/s1. The Morgan fingerprint density at radius 2 is 1.66 bits per heavy atom. The summed E-state index contributed by atoms with van der Waals surface area (Å²) in [7, 11) is -3.63. The van der Waals surface area contributed by atoms with Gasteiger partial charge in [0, 0.05) is 29.7 Å². The van der Waals surface area contributed by atoms with Gasteiger partial charge in [-0.3, -0.25) is 4.79 Å². The molecule has 1 aliphatic rings. The van der Waals surface area contributed by atoms with Crippen LogP contribution in [0.1, 0.15) is 24.8 Å². The van der Waals surface area contributed by atoms with Gasteiger partial charge in [0.05, 0.1) is 10.8 Å². The molecular formula is C21H24Cl2N2O3S. The van der Waals surface area contributed by atoms with Crippen molar-refractivity contribution in [2.45, 2.75) is 30.6 Å². The summed E-state index contributed by atoms with van der Waals surface area (Å²) in [6.45, 7) is 1.18. The van der Waals surface area contributed by atoms with E-state index in [4.69, 9.17) is 23.2 Å². The van der Waals surface area contributed by atoms with E-state index in [0.717, 1.165) is 12.8 Å². The van der Waals surface area contributed by atoms with Gasteiger partial charge in [-0.15, -0.1) is 0 Å². The lowest BCUT2D eigenvalue weighted by molar-refractivity contribution is -0.126. The summed E-state index contributed by atoms with van der Waals surface area (Å²) in [5.41, 5.74) is 1.17. The minimum atomic E-state index is -3.63. The lowest BCUT2D eigenvalue weighted by atomic mass is 9.99. The second-order valence-electron chi connectivity index (χ2n) is 7.18. The van der Waals surface area contributed by atoms with Crippen LogP contribution in [0, 0.1) is 5.92 Å². The lowest BCUT2D eigenvalue weighted by Crippen LogP contribution is -2.45. The van der Waals surface area contributed by atoms with Crippen molar-refractivity contribution in [2.75, 3.05) is 19.6 Å². The molecular weight excluding hydrogens is 431 g/mol. The van der Waals surface area contributed by atoms with Crippen molar-refractivity contribution in [3.63, 3.8) is 0 Å². The van der Waals surface area contributed by atoms with E-state index in [1.165, 1.54) is 22.0 Å². The van der Waals surface area contributed by atoms with E-state index in [2.05, 4.69) is 5.32 Å². The molecule has 0 radical (unpaired) electrons. The van der Waals surface area contributed by atoms with Gasteiger partial charge in [-0.05, 0) is 67.6 Å². The van der Waals surface area contributed by atoms with Crippen molar-refractivity contribution in [2.24, 2.45) is 5.92 Å². The van der Waals surface area contributed by atoms with Crippen LogP contribution in [0.15, 0.2) is 53.4 Å². The highest BCUT2D eigenvalue weighted by Gasteiger charge is 2.33.